The van der Waals surface area contributed by atoms with Crippen LogP contribution in [0.4, 0.5) is 22.0 Å². The minimum Gasteiger partial charge on any atom is -0.465 e. The van der Waals surface area contributed by atoms with Crippen LogP contribution in [0.25, 0.3) is 22.3 Å². The lowest BCUT2D eigenvalue weighted by atomic mass is 9.94. The Bertz CT molecular complexity index is 2720. The normalized spacial score (nSPS) is 13.1. The third kappa shape index (κ3) is 12.4. The number of halogens is 5. The molecule has 0 fully saturated rings. The first-order chi connectivity index (χ1) is 34.4. The molecule has 0 bridgehead atoms. The summed E-state index contributed by atoms with van der Waals surface area (Å²) in [4.78, 5) is 51.3. The average molecular weight is 975 g/mol. The highest BCUT2D eigenvalue weighted by atomic mass is 19.2. The van der Waals surface area contributed by atoms with Crippen LogP contribution in [0.2, 0.25) is 0 Å². The molecule has 370 valence electrons. The molecule has 0 radical (unpaired) electrons. The Hall–Kier alpha value is -7.19. The summed E-state index contributed by atoms with van der Waals surface area (Å²) < 4.78 is 80.9. The zero-order valence-electron chi connectivity index (χ0n) is 39.5. The van der Waals surface area contributed by atoms with Gasteiger partial charge in [-0.1, -0.05) is 141 Å². The van der Waals surface area contributed by atoms with Crippen LogP contribution >= 0.6 is 0 Å². The number of quaternary nitrogens is 1. The van der Waals surface area contributed by atoms with Crippen molar-refractivity contribution in [2.45, 2.75) is 63.7 Å². The molecule has 8 rings (SSSR count). The predicted octanol–water partition coefficient (Wildman–Crippen LogP) is 9.54. The number of carbonyl (C=O) groups excluding carboxylic acids is 4. The van der Waals surface area contributed by atoms with Crippen molar-refractivity contribution in [1.29, 1.82) is 0 Å². The first-order valence-corrected chi connectivity index (χ1v) is 24.0. The fourth-order valence-corrected chi connectivity index (χ4v) is 9.25. The number of nitrogens with one attached hydrogen (secondary N) is 2. The molecule has 2 aliphatic carbocycles. The molecule has 0 aliphatic heterocycles. The molecule has 0 heterocycles. The quantitative estimate of drug-likeness (QED) is 0.0229. The van der Waals surface area contributed by atoms with E-state index in [2.05, 4.69) is 40.6 Å². The van der Waals surface area contributed by atoms with Gasteiger partial charge < -0.3 is 25.8 Å². The molecule has 0 spiro atoms. The molecule has 6 aromatic rings. The van der Waals surface area contributed by atoms with Gasteiger partial charge in [0.05, 0.1) is 31.2 Å². The molecular weight excluding hydrogens is 918 g/mol. The van der Waals surface area contributed by atoms with E-state index in [1.165, 1.54) is 22.3 Å². The van der Waals surface area contributed by atoms with Gasteiger partial charge in [-0.05, 0) is 69.3 Å². The third-order valence-corrected chi connectivity index (χ3v) is 12.9. The van der Waals surface area contributed by atoms with E-state index in [9.17, 15) is 41.1 Å². The van der Waals surface area contributed by atoms with E-state index in [-0.39, 0.29) is 49.9 Å². The van der Waals surface area contributed by atoms with Gasteiger partial charge >= 0.3 is 11.9 Å². The summed E-state index contributed by atoms with van der Waals surface area (Å²) in [6, 6.07) is 41.7. The average Bonchev–Trinajstić information content (AvgIpc) is 3.89. The summed E-state index contributed by atoms with van der Waals surface area (Å²) in [5.41, 5.74) is 12.4. The first-order valence-electron chi connectivity index (χ1n) is 24.0. The maximum absolute atomic E-state index is 14.3. The van der Waals surface area contributed by atoms with Crippen LogP contribution in [0, 0.1) is 40.9 Å². The second-order valence-electron chi connectivity index (χ2n) is 17.7. The summed E-state index contributed by atoms with van der Waals surface area (Å²) in [6.07, 6.45) is 1.25. The number of carbonyl (C=O) groups is 4. The summed E-state index contributed by atoms with van der Waals surface area (Å²) >= 11 is 0. The summed E-state index contributed by atoms with van der Waals surface area (Å²) in [5, 5.41) is 5.50. The Balaban J connectivity index is 0.000000211. The lowest BCUT2D eigenvalue weighted by Crippen LogP contribution is -2.51. The van der Waals surface area contributed by atoms with E-state index in [0.717, 1.165) is 47.2 Å². The second-order valence-corrected chi connectivity index (χ2v) is 17.7. The van der Waals surface area contributed by atoms with Gasteiger partial charge in [0, 0.05) is 36.9 Å². The van der Waals surface area contributed by atoms with Gasteiger partial charge in [0.25, 0.3) is 0 Å². The zero-order chi connectivity index (χ0) is 50.4. The van der Waals surface area contributed by atoms with Gasteiger partial charge in [-0.15, -0.1) is 0 Å². The summed E-state index contributed by atoms with van der Waals surface area (Å²) in [5.74, 6) is -14.7. The van der Waals surface area contributed by atoms with Crippen molar-refractivity contribution in [2.75, 3.05) is 32.8 Å². The smallest absolute Gasteiger partial charge is 0.306 e. The van der Waals surface area contributed by atoms with Crippen LogP contribution < -0.4 is 16.4 Å². The number of amides is 2. The van der Waals surface area contributed by atoms with E-state index < -0.39 is 71.2 Å². The second kappa shape index (κ2) is 24.6. The number of esters is 2. The van der Waals surface area contributed by atoms with Gasteiger partial charge in [0.2, 0.25) is 17.6 Å². The van der Waals surface area contributed by atoms with E-state index in [0.29, 0.717) is 19.4 Å². The molecule has 14 heteroatoms. The molecule has 71 heavy (non-hydrogen) atoms. The lowest BCUT2D eigenvalue weighted by molar-refractivity contribution is -0.367. The number of fused-ring (bicyclic) bond motifs is 6. The third-order valence-electron chi connectivity index (χ3n) is 12.9. The number of unbranched alkanes of at least 4 members (excludes halogenated alkanes) is 1. The minimum absolute atomic E-state index is 0.0137. The van der Waals surface area contributed by atoms with Gasteiger partial charge in [0.1, 0.15) is 13.2 Å². The first kappa shape index (κ1) is 51.7. The van der Waals surface area contributed by atoms with Gasteiger partial charge in [-0.25, -0.2) is 22.0 Å². The Labute approximate surface area is 410 Å². The SMILES string of the molecule is CCCCNC(=O)C(CC(=O)OCC1c2ccccc2-c2ccccc21)Cc1c(F)c(F)c(F)c(F)c1F.[NH3+]CCCNC(=O)C(CC(=O)OCC1c2ccccc2-c2ccccc21)Cc1ccccc1. The molecule has 0 saturated carbocycles. The van der Waals surface area contributed by atoms with Crippen molar-refractivity contribution < 1.29 is 56.3 Å². The standard InChI is InChI=1S/C29H26F5NO3.C28H30N2O3/c1-2-3-12-35-29(37)16(13-21-24(30)26(32)28(34)27(33)25(21)31)14-23(36)38-15-22-19-10-6-4-8-17(19)18-9-5-7-11-20(18)22;29-15-8-16-30-28(32)21(17-20-9-2-1-3-10-20)18-27(31)33-19-26-24-13-6-4-11-22(24)23-12-5-7-14-25(23)26/h4-11,16,22H,2-3,12-15H2,1H3,(H,35,37);1-7,9-14,21,26H,8,15-19,29H2,(H,30,32)/p+1. The molecule has 0 aromatic heterocycles. The van der Waals surface area contributed by atoms with Crippen molar-refractivity contribution in [3.05, 3.63) is 190 Å². The van der Waals surface area contributed by atoms with E-state index >= 15 is 0 Å². The van der Waals surface area contributed by atoms with Crippen molar-refractivity contribution in [1.82, 2.24) is 10.6 Å². The maximum Gasteiger partial charge on any atom is 0.306 e. The number of hydrogen-bond donors (Lipinski definition) is 3. The molecular formula is C57H57F5N3O6+. The Morgan fingerprint density at radius 1 is 0.507 bits per heavy atom. The van der Waals surface area contributed by atoms with E-state index in [1.54, 1.807) is 0 Å². The number of benzene rings is 6. The highest BCUT2D eigenvalue weighted by molar-refractivity contribution is 5.85. The molecule has 5 N–H and O–H groups in total. The number of hydrogen-bond acceptors (Lipinski definition) is 6. The summed E-state index contributed by atoms with van der Waals surface area (Å²) in [7, 11) is 0. The van der Waals surface area contributed by atoms with Gasteiger partial charge in [-0.2, -0.15) is 0 Å². The van der Waals surface area contributed by atoms with E-state index in [4.69, 9.17) is 9.47 Å². The highest BCUT2D eigenvalue weighted by Gasteiger charge is 2.34. The van der Waals surface area contributed by atoms with Crippen LogP contribution in [-0.4, -0.2) is 56.6 Å². The monoisotopic (exact) mass is 974 g/mol. The Morgan fingerprint density at radius 3 is 1.28 bits per heavy atom. The Morgan fingerprint density at radius 2 is 0.873 bits per heavy atom. The molecule has 6 aromatic carbocycles. The molecule has 2 unspecified atom stereocenters. The number of rotatable bonds is 20. The van der Waals surface area contributed by atoms with Crippen molar-refractivity contribution in [3.8, 4) is 22.3 Å². The van der Waals surface area contributed by atoms with Crippen molar-refractivity contribution >= 4 is 23.8 Å². The molecule has 2 amide bonds. The van der Waals surface area contributed by atoms with Crippen LogP contribution in [0.1, 0.15) is 84.2 Å². The zero-order valence-corrected chi connectivity index (χ0v) is 39.5. The predicted molar refractivity (Wildman–Crippen MR) is 259 cm³/mol. The fraction of sp³-hybridized carbons (Fsp3) is 0.298. The lowest BCUT2D eigenvalue weighted by Gasteiger charge is -2.19. The van der Waals surface area contributed by atoms with Crippen molar-refractivity contribution in [2.24, 2.45) is 11.8 Å². The fourth-order valence-electron chi connectivity index (χ4n) is 9.25. The van der Waals surface area contributed by atoms with Gasteiger partial charge in [-0.3, -0.25) is 19.2 Å². The largest absolute Gasteiger partial charge is 0.465 e. The molecule has 0 saturated heterocycles. The van der Waals surface area contributed by atoms with Crippen LogP contribution in [-0.2, 0) is 41.5 Å². The van der Waals surface area contributed by atoms with Crippen molar-refractivity contribution in [3.63, 3.8) is 0 Å². The highest BCUT2D eigenvalue weighted by Crippen LogP contribution is 2.46. The minimum atomic E-state index is -2.29. The Kier molecular flexibility index (Phi) is 17.9. The molecule has 2 aliphatic rings. The van der Waals surface area contributed by atoms with Crippen LogP contribution in [0.15, 0.2) is 127 Å². The van der Waals surface area contributed by atoms with Crippen LogP contribution in [0.5, 0.6) is 0 Å². The topological polar surface area (TPSA) is 138 Å². The molecule has 9 nitrogen and oxygen atoms in total. The van der Waals surface area contributed by atoms with Gasteiger partial charge in [0.15, 0.2) is 23.3 Å². The number of ether oxygens (including phenoxy) is 2. The maximum atomic E-state index is 14.3. The summed E-state index contributed by atoms with van der Waals surface area (Å²) in [6.45, 7) is 3.67. The van der Waals surface area contributed by atoms with E-state index in [1.807, 2.05) is 110 Å². The van der Waals surface area contributed by atoms with Crippen LogP contribution in [0.3, 0.4) is 0 Å². The molecule has 2 atom stereocenters.